The SMILES string of the molecule is COc1cc(C)nc(OC)c1CNC(=O)O. The van der Waals surface area contributed by atoms with Crippen molar-refractivity contribution >= 4 is 6.09 Å². The predicted octanol–water partition coefficient (Wildman–Crippen LogP) is 1.17. The van der Waals surface area contributed by atoms with Gasteiger partial charge in [0.15, 0.2) is 0 Å². The number of aryl methyl sites for hydroxylation is 1. The fraction of sp³-hybridized carbons (Fsp3) is 0.400. The summed E-state index contributed by atoms with van der Waals surface area (Å²) in [5.41, 5.74) is 1.32. The Morgan fingerprint density at radius 1 is 1.50 bits per heavy atom. The van der Waals surface area contributed by atoms with Crippen LogP contribution in [0.15, 0.2) is 6.07 Å². The Bertz CT molecular complexity index is 367. The van der Waals surface area contributed by atoms with E-state index in [0.717, 1.165) is 5.69 Å². The van der Waals surface area contributed by atoms with Crippen LogP contribution in [0.2, 0.25) is 0 Å². The molecule has 0 saturated carbocycles. The zero-order valence-corrected chi connectivity index (χ0v) is 9.40. The summed E-state index contributed by atoms with van der Waals surface area (Å²) in [5, 5.41) is 10.8. The van der Waals surface area contributed by atoms with Crippen LogP contribution in [0.1, 0.15) is 11.3 Å². The minimum Gasteiger partial charge on any atom is -0.496 e. The van der Waals surface area contributed by atoms with E-state index in [-0.39, 0.29) is 6.54 Å². The second kappa shape index (κ2) is 5.20. The third-order valence-corrected chi connectivity index (χ3v) is 2.00. The number of rotatable bonds is 4. The van der Waals surface area contributed by atoms with Crippen LogP contribution in [0.25, 0.3) is 0 Å². The van der Waals surface area contributed by atoms with Crippen molar-refractivity contribution in [1.29, 1.82) is 0 Å². The normalized spacial score (nSPS) is 9.69. The van der Waals surface area contributed by atoms with E-state index in [2.05, 4.69) is 10.3 Å². The van der Waals surface area contributed by atoms with Crippen molar-refractivity contribution in [2.24, 2.45) is 0 Å². The van der Waals surface area contributed by atoms with Crippen molar-refractivity contribution in [1.82, 2.24) is 10.3 Å². The van der Waals surface area contributed by atoms with Gasteiger partial charge >= 0.3 is 6.09 Å². The molecule has 0 aliphatic rings. The van der Waals surface area contributed by atoms with Gasteiger partial charge in [-0.15, -0.1) is 0 Å². The molecule has 16 heavy (non-hydrogen) atoms. The van der Waals surface area contributed by atoms with E-state index < -0.39 is 6.09 Å². The number of nitrogens with zero attached hydrogens (tertiary/aromatic N) is 1. The van der Waals surface area contributed by atoms with E-state index >= 15 is 0 Å². The number of aromatic nitrogens is 1. The van der Waals surface area contributed by atoms with Crippen molar-refractivity contribution in [3.63, 3.8) is 0 Å². The summed E-state index contributed by atoms with van der Waals surface area (Å²) >= 11 is 0. The quantitative estimate of drug-likeness (QED) is 0.805. The number of pyridine rings is 1. The van der Waals surface area contributed by atoms with Gasteiger partial charge in [0.25, 0.3) is 0 Å². The van der Waals surface area contributed by atoms with Crippen molar-refractivity contribution in [2.75, 3.05) is 14.2 Å². The molecular formula is C10H14N2O4. The first-order valence-electron chi connectivity index (χ1n) is 4.63. The van der Waals surface area contributed by atoms with Crippen molar-refractivity contribution in [2.45, 2.75) is 13.5 Å². The standard InChI is InChI=1S/C10H14N2O4/c1-6-4-8(15-2)7(5-11-10(13)14)9(12-6)16-3/h4,11H,5H2,1-3H3,(H,13,14). The molecule has 2 N–H and O–H groups in total. The number of hydrogen-bond acceptors (Lipinski definition) is 4. The lowest BCUT2D eigenvalue weighted by Crippen LogP contribution is -2.21. The van der Waals surface area contributed by atoms with Gasteiger partial charge < -0.3 is 19.9 Å². The fourth-order valence-corrected chi connectivity index (χ4v) is 1.32. The number of hydrogen-bond donors (Lipinski definition) is 2. The first-order chi connectivity index (χ1) is 7.58. The van der Waals surface area contributed by atoms with Crippen molar-refractivity contribution < 1.29 is 19.4 Å². The molecule has 0 aromatic carbocycles. The van der Waals surface area contributed by atoms with Crippen LogP contribution in [0.5, 0.6) is 11.6 Å². The molecular weight excluding hydrogens is 212 g/mol. The molecule has 0 atom stereocenters. The van der Waals surface area contributed by atoms with Gasteiger partial charge in [-0.25, -0.2) is 9.78 Å². The maximum absolute atomic E-state index is 10.4. The van der Waals surface area contributed by atoms with E-state index in [1.54, 1.807) is 13.0 Å². The fourth-order valence-electron chi connectivity index (χ4n) is 1.32. The topological polar surface area (TPSA) is 80.7 Å². The first-order valence-corrected chi connectivity index (χ1v) is 4.63. The molecule has 0 aliphatic carbocycles. The molecule has 1 aromatic heterocycles. The number of amides is 1. The molecule has 0 fully saturated rings. The van der Waals surface area contributed by atoms with Crippen LogP contribution < -0.4 is 14.8 Å². The van der Waals surface area contributed by atoms with Gasteiger partial charge in [-0.05, 0) is 6.92 Å². The number of carboxylic acid groups (broad SMARTS) is 1. The minimum atomic E-state index is -1.11. The summed E-state index contributed by atoms with van der Waals surface area (Å²) in [5.74, 6) is 0.920. The monoisotopic (exact) mass is 226 g/mol. The molecule has 0 radical (unpaired) electrons. The van der Waals surface area contributed by atoms with Crippen LogP contribution in [0, 0.1) is 6.92 Å². The average Bonchev–Trinajstić information content (AvgIpc) is 2.25. The Morgan fingerprint density at radius 3 is 2.69 bits per heavy atom. The van der Waals surface area contributed by atoms with Gasteiger partial charge in [-0.3, -0.25) is 0 Å². The van der Waals surface area contributed by atoms with Gasteiger partial charge in [0.2, 0.25) is 5.88 Å². The van der Waals surface area contributed by atoms with Gasteiger partial charge in [0.05, 0.1) is 26.3 Å². The highest BCUT2D eigenvalue weighted by molar-refractivity contribution is 5.64. The van der Waals surface area contributed by atoms with E-state index in [0.29, 0.717) is 17.2 Å². The van der Waals surface area contributed by atoms with Crippen LogP contribution in [0.4, 0.5) is 4.79 Å². The first kappa shape index (κ1) is 12.1. The molecule has 0 unspecified atom stereocenters. The van der Waals surface area contributed by atoms with Crippen molar-refractivity contribution in [3.05, 3.63) is 17.3 Å². The largest absolute Gasteiger partial charge is 0.496 e. The van der Waals surface area contributed by atoms with Gasteiger partial charge in [-0.2, -0.15) is 0 Å². The Balaban J connectivity index is 3.06. The number of carbonyl (C=O) groups is 1. The van der Waals surface area contributed by atoms with E-state index in [1.165, 1.54) is 14.2 Å². The summed E-state index contributed by atoms with van der Waals surface area (Å²) in [6, 6.07) is 1.72. The lowest BCUT2D eigenvalue weighted by molar-refractivity contribution is 0.193. The molecule has 0 saturated heterocycles. The summed E-state index contributed by atoms with van der Waals surface area (Å²) in [4.78, 5) is 14.6. The highest BCUT2D eigenvalue weighted by Gasteiger charge is 2.13. The zero-order chi connectivity index (χ0) is 12.1. The summed E-state index contributed by atoms with van der Waals surface area (Å²) in [6.07, 6.45) is -1.11. The lowest BCUT2D eigenvalue weighted by Gasteiger charge is -2.12. The summed E-state index contributed by atoms with van der Waals surface area (Å²) < 4.78 is 10.2. The predicted molar refractivity (Wildman–Crippen MR) is 56.9 cm³/mol. The molecule has 1 aromatic rings. The highest BCUT2D eigenvalue weighted by atomic mass is 16.5. The lowest BCUT2D eigenvalue weighted by atomic mass is 10.2. The Hall–Kier alpha value is -1.98. The zero-order valence-electron chi connectivity index (χ0n) is 9.40. The molecule has 1 heterocycles. The van der Waals surface area contributed by atoms with Crippen molar-refractivity contribution in [3.8, 4) is 11.6 Å². The molecule has 1 amide bonds. The van der Waals surface area contributed by atoms with Crippen LogP contribution in [0.3, 0.4) is 0 Å². The van der Waals surface area contributed by atoms with E-state index in [9.17, 15) is 4.79 Å². The van der Waals surface area contributed by atoms with Gasteiger partial charge in [-0.1, -0.05) is 0 Å². The molecule has 0 spiro atoms. The minimum absolute atomic E-state index is 0.0922. The number of methoxy groups -OCH3 is 2. The van der Waals surface area contributed by atoms with Gasteiger partial charge in [0, 0.05) is 11.8 Å². The maximum atomic E-state index is 10.4. The van der Waals surface area contributed by atoms with E-state index in [1.807, 2.05) is 0 Å². The second-order valence-corrected chi connectivity index (χ2v) is 3.11. The molecule has 0 bridgehead atoms. The second-order valence-electron chi connectivity index (χ2n) is 3.11. The van der Waals surface area contributed by atoms with E-state index in [4.69, 9.17) is 14.6 Å². The number of ether oxygens (including phenoxy) is 2. The van der Waals surface area contributed by atoms with Gasteiger partial charge in [0.1, 0.15) is 5.75 Å². The molecule has 6 heteroatoms. The highest BCUT2D eigenvalue weighted by Crippen LogP contribution is 2.27. The molecule has 6 nitrogen and oxygen atoms in total. The Kier molecular flexibility index (Phi) is 3.93. The smallest absolute Gasteiger partial charge is 0.404 e. The third kappa shape index (κ3) is 2.75. The van der Waals surface area contributed by atoms with Crippen LogP contribution in [-0.4, -0.2) is 30.4 Å². The molecule has 1 rings (SSSR count). The van der Waals surface area contributed by atoms with Crippen LogP contribution >= 0.6 is 0 Å². The summed E-state index contributed by atoms with van der Waals surface area (Å²) in [7, 11) is 2.99. The number of nitrogens with one attached hydrogen (secondary N) is 1. The van der Waals surface area contributed by atoms with Crippen LogP contribution in [-0.2, 0) is 6.54 Å². The summed E-state index contributed by atoms with van der Waals surface area (Å²) in [6.45, 7) is 1.90. The Labute approximate surface area is 93.2 Å². The average molecular weight is 226 g/mol. The third-order valence-electron chi connectivity index (χ3n) is 2.00. The Morgan fingerprint density at radius 2 is 2.19 bits per heavy atom. The molecule has 88 valence electrons. The maximum Gasteiger partial charge on any atom is 0.404 e. The molecule has 0 aliphatic heterocycles.